The van der Waals surface area contributed by atoms with Gasteiger partial charge >= 0.3 is 12.1 Å². The highest BCUT2D eigenvalue weighted by Gasteiger charge is 2.36. The van der Waals surface area contributed by atoms with E-state index >= 15 is 0 Å². The standard InChI is InChI=1S/C27H30N2O6/c30-25(29-11-9-17(10-12-29)26(31)32)18-13-19(34-15-18)14-28-27(33)35-16-24-22-7-3-1-5-20(22)21-6-2-4-8-23(21)24/h1-8,17-19,24H,9-16H2,(H,28,33)(H,31,32). The van der Waals surface area contributed by atoms with Crippen LogP contribution in [-0.2, 0) is 19.1 Å². The lowest BCUT2D eigenvalue weighted by atomic mass is 9.95. The summed E-state index contributed by atoms with van der Waals surface area (Å²) in [7, 11) is 0. The van der Waals surface area contributed by atoms with Crippen molar-refractivity contribution >= 4 is 18.0 Å². The second-order valence-electron chi connectivity index (χ2n) is 9.53. The van der Waals surface area contributed by atoms with Gasteiger partial charge in [0.1, 0.15) is 6.61 Å². The first-order chi connectivity index (χ1) is 17.0. The summed E-state index contributed by atoms with van der Waals surface area (Å²) in [5.41, 5.74) is 4.68. The minimum Gasteiger partial charge on any atom is -0.481 e. The van der Waals surface area contributed by atoms with E-state index in [-0.39, 0.29) is 42.9 Å². The summed E-state index contributed by atoms with van der Waals surface area (Å²) in [6.45, 7) is 1.78. The number of carbonyl (C=O) groups excluding carboxylic acids is 2. The largest absolute Gasteiger partial charge is 0.481 e. The van der Waals surface area contributed by atoms with Crippen molar-refractivity contribution in [1.82, 2.24) is 10.2 Å². The molecule has 0 radical (unpaired) electrons. The first-order valence-corrected chi connectivity index (χ1v) is 12.2. The molecule has 2 aromatic rings. The van der Waals surface area contributed by atoms with Gasteiger partial charge < -0.3 is 24.8 Å². The smallest absolute Gasteiger partial charge is 0.407 e. The van der Waals surface area contributed by atoms with Crippen molar-refractivity contribution in [3.8, 4) is 11.1 Å². The number of nitrogens with one attached hydrogen (secondary N) is 1. The van der Waals surface area contributed by atoms with Crippen LogP contribution in [0.2, 0.25) is 0 Å². The number of ether oxygens (including phenoxy) is 2. The fraction of sp³-hybridized carbons (Fsp3) is 0.444. The van der Waals surface area contributed by atoms with Crippen molar-refractivity contribution in [2.45, 2.75) is 31.3 Å². The third kappa shape index (κ3) is 4.89. The molecule has 0 bridgehead atoms. The van der Waals surface area contributed by atoms with Gasteiger partial charge in [0.15, 0.2) is 0 Å². The molecule has 2 heterocycles. The topological polar surface area (TPSA) is 105 Å². The summed E-state index contributed by atoms with van der Waals surface area (Å²) in [5, 5.41) is 11.9. The zero-order valence-electron chi connectivity index (χ0n) is 19.5. The molecular formula is C27H30N2O6. The third-order valence-corrected chi connectivity index (χ3v) is 7.40. The Morgan fingerprint density at radius 1 is 0.971 bits per heavy atom. The fourth-order valence-electron chi connectivity index (χ4n) is 5.47. The molecule has 3 aliphatic rings. The zero-order valence-corrected chi connectivity index (χ0v) is 19.5. The predicted octanol–water partition coefficient (Wildman–Crippen LogP) is 3.25. The van der Waals surface area contributed by atoms with Crippen LogP contribution in [0.1, 0.15) is 36.3 Å². The van der Waals surface area contributed by atoms with Gasteiger partial charge in [-0.25, -0.2) is 4.79 Å². The number of likely N-dealkylation sites (tertiary alicyclic amines) is 1. The molecule has 0 aromatic heterocycles. The number of carboxylic acid groups (broad SMARTS) is 1. The van der Waals surface area contributed by atoms with Gasteiger partial charge in [0.05, 0.1) is 24.5 Å². The number of aliphatic carboxylic acids is 1. The molecule has 0 saturated carbocycles. The molecule has 8 nitrogen and oxygen atoms in total. The number of rotatable bonds is 6. The van der Waals surface area contributed by atoms with E-state index in [0.29, 0.717) is 39.0 Å². The van der Waals surface area contributed by atoms with Crippen LogP contribution in [0.15, 0.2) is 48.5 Å². The van der Waals surface area contributed by atoms with Crippen LogP contribution in [0, 0.1) is 11.8 Å². The number of hydrogen-bond donors (Lipinski definition) is 2. The Kier molecular flexibility index (Phi) is 6.72. The van der Waals surface area contributed by atoms with Crippen molar-refractivity contribution in [1.29, 1.82) is 0 Å². The minimum absolute atomic E-state index is 0.00292. The molecule has 35 heavy (non-hydrogen) atoms. The average Bonchev–Trinajstić information content (AvgIpc) is 3.49. The Balaban J connectivity index is 1.08. The van der Waals surface area contributed by atoms with E-state index in [9.17, 15) is 14.4 Å². The number of carbonyl (C=O) groups is 3. The van der Waals surface area contributed by atoms with E-state index in [1.54, 1.807) is 4.90 Å². The molecule has 2 aromatic carbocycles. The number of amides is 2. The highest BCUT2D eigenvalue weighted by atomic mass is 16.5. The zero-order chi connectivity index (χ0) is 24.4. The van der Waals surface area contributed by atoms with E-state index in [2.05, 4.69) is 29.6 Å². The van der Waals surface area contributed by atoms with Crippen molar-refractivity contribution < 1.29 is 29.0 Å². The molecule has 2 N–H and O–H groups in total. The summed E-state index contributed by atoms with van der Waals surface area (Å²) in [6, 6.07) is 16.4. The Morgan fingerprint density at radius 3 is 2.23 bits per heavy atom. The maximum absolute atomic E-state index is 12.8. The maximum atomic E-state index is 12.8. The fourth-order valence-corrected chi connectivity index (χ4v) is 5.47. The normalized spacial score (nSPS) is 21.9. The molecular weight excluding hydrogens is 448 g/mol. The number of nitrogens with zero attached hydrogens (tertiary/aromatic N) is 1. The summed E-state index contributed by atoms with van der Waals surface area (Å²) in [5.74, 6) is -1.40. The first kappa shape index (κ1) is 23.4. The monoisotopic (exact) mass is 478 g/mol. The maximum Gasteiger partial charge on any atom is 0.407 e. The Hall–Kier alpha value is -3.39. The number of carboxylic acids is 1. The first-order valence-electron chi connectivity index (χ1n) is 12.2. The lowest BCUT2D eigenvalue weighted by Crippen LogP contribution is -2.43. The van der Waals surface area contributed by atoms with Crippen LogP contribution in [0.3, 0.4) is 0 Å². The van der Waals surface area contributed by atoms with Crippen molar-refractivity contribution in [3.05, 3.63) is 59.7 Å². The van der Waals surface area contributed by atoms with Crippen LogP contribution in [-0.4, -0.2) is 66.9 Å². The highest BCUT2D eigenvalue weighted by Crippen LogP contribution is 2.44. The van der Waals surface area contributed by atoms with Gasteiger partial charge in [-0.2, -0.15) is 0 Å². The third-order valence-electron chi connectivity index (χ3n) is 7.40. The molecule has 1 aliphatic carbocycles. The van der Waals surface area contributed by atoms with Crippen molar-refractivity contribution in [2.24, 2.45) is 11.8 Å². The number of hydrogen-bond acceptors (Lipinski definition) is 5. The summed E-state index contributed by atoms with van der Waals surface area (Å²) in [4.78, 5) is 38.1. The molecule has 2 atom stereocenters. The van der Waals surface area contributed by atoms with Gasteiger partial charge in [-0.15, -0.1) is 0 Å². The molecule has 2 saturated heterocycles. The van der Waals surface area contributed by atoms with Crippen LogP contribution in [0.25, 0.3) is 11.1 Å². The molecule has 8 heteroatoms. The van der Waals surface area contributed by atoms with E-state index < -0.39 is 12.1 Å². The number of fused-ring (bicyclic) bond motifs is 3. The van der Waals surface area contributed by atoms with Gasteiger partial charge in [0.25, 0.3) is 0 Å². The van der Waals surface area contributed by atoms with Crippen LogP contribution >= 0.6 is 0 Å². The Morgan fingerprint density at radius 2 is 1.60 bits per heavy atom. The molecule has 2 fully saturated rings. The molecule has 184 valence electrons. The van der Waals surface area contributed by atoms with Crippen molar-refractivity contribution in [2.75, 3.05) is 32.8 Å². The van der Waals surface area contributed by atoms with Crippen LogP contribution in [0.5, 0.6) is 0 Å². The average molecular weight is 479 g/mol. The van der Waals surface area contributed by atoms with Crippen LogP contribution < -0.4 is 5.32 Å². The van der Waals surface area contributed by atoms with Gasteiger partial charge in [-0.1, -0.05) is 48.5 Å². The van der Waals surface area contributed by atoms with Gasteiger partial charge in [0, 0.05) is 25.6 Å². The predicted molar refractivity (Wildman–Crippen MR) is 128 cm³/mol. The van der Waals surface area contributed by atoms with Gasteiger partial charge in [-0.05, 0) is 41.5 Å². The highest BCUT2D eigenvalue weighted by molar-refractivity contribution is 5.80. The summed E-state index contributed by atoms with van der Waals surface area (Å²) < 4.78 is 11.3. The molecule has 2 aliphatic heterocycles. The van der Waals surface area contributed by atoms with Crippen LogP contribution in [0.4, 0.5) is 4.79 Å². The van der Waals surface area contributed by atoms with Gasteiger partial charge in [-0.3, -0.25) is 9.59 Å². The molecule has 0 spiro atoms. The second-order valence-corrected chi connectivity index (χ2v) is 9.53. The number of alkyl carbamates (subject to hydrolysis) is 1. The quantitative estimate of drug-likeness (QED) is 0.660. The number of piperidine rings is 1. The Labute approximate surface area is 204 Å². The second kappa shape index (κ2) is 10.1. The lowest BCUT2D eigenvalue weighted by molar-refractivity contribution is -0.146. The van der Waals surface area contributed by atoms with E-state index in [0.717, 1.165) is 11.1 Å². The number of benzene rings is 2. The van der Waals surface area contributed by atoms with E-state index in [1.165, 1.54) is 11.1 Å². The lowest BCUT2D eigenvalue weighted by Gasteiger charge is -2.31. The molecule has 2 amide bonds. The Bertz CT molecular complexity index is 1060. The molecule has 2 unspecified atom stereocenters. The minimum atomic E-state index is -0.791. The summed E-state index contributed by atoms with van der Waals surface area (Å²) in [6.07, 6.45) is 0.756. The van der Waals surface area contributed by atoms with E-state index in [1.807, 2.05) is 24.3 Å². The van der Waals surface area contributed by atoms with E-state index in [4.69, 9.17) is 14.6 Å². The summed E-state index contributed by atoms with van der Waals surface area (Å²) >= 11 is 0. The van der Waals surface area contributed by atoms with Crippen molar-refractivity contribution in [3.63, 3.8) is 0 Å². The molecule has 5 rings (SSSR count). The SMILES string of the molecule is O=C(NCC1CC(C(=O)N2CCC(C(=O)O)CC2)CO1)OCC1c2ccccc2-c2ccccc21. The van der Waals surface area contributed by atoms with Gasteiger partial charge in [0.2, 0.25) is 5.91 Å².